The number of piperazine rings is 1. The van der Waals surface area contributed by atoms with Crippen LogP contribution in [0.5, 0.6) is 0 Å². The van der Waals surface area contributed by atoms with Crippen LogP contribution < -0.4 is 15.5 Å². The maximum atomic E-state index is 13.3. The number of carbonyl (C=O) groups excluding carboxylic acids is 3. The van der Waals surface area contributed by atoms with Gasteiger partial charge in [-0.1, -0.05) is 6.42 Å². The molecular weight excluding hydrogens is 456 g/mol. The number of nitrogens with one attached hydrogen (secondary N) is 2. The normalized spacial score (nSPS) is 18.8. The van der Waals surface area contributed by atoms with Crippen molar-refractivity contribution in [2.24, 2.45) is 5.92 Å². The number of pyridine rings is 1. The maximum Gasteiger partial charge on any atom is 0.257 e. The van der Waals surface area contributed by atoms with E-state index in [2.05, 4.69) is 20.5 Å². The number of anilines is 2. The smallest absolute Gasteiger partial charge is 0.257 e. The Bertz CT molecular complexity index is 1090. The number of hydrogen-bond donors (Lipinski definition) is 2. The highest BCUT2D eigenvalue weighted by molar-refractivity contribution is 6.07. The zero-order chi connectivity index (χ0) is 24.9. The third kappa shape index (κ3) is 5.36. The van der Waals surface area contributed by atoms with Gasteiger partial charge in [0.2, 0.25) is 5.91 Å². The molecule has 9 heteroatoms. The molecule has 1 aromatic carbocycles. The Morgan fingerprint density at radius 2 is 1.72 bits per heavy atom. The summed E-state index contributed by atoms with van der Waals surface area (Å²) in [7, 11) is 0. The van der Waals surface area contributed by atoms with Gasteiger partial charge in [-0.2, -0.15) is 0 Å². The van der Waals surface area contributed by atoms with E-state index in [-0.39, 0.29) is 23.6 Å². The number of hydrogen-bond acceptors (Lipinski definition) is 6. The van der Waals surface area contributed by atoms with Crippen molar-refractivity contribution < 1.29 is 14.4 Å². The van der Waals surface area contributed by atoms with Crippen LogP contribution in [0.25, 0.3) is 0 Å². The minimum absolute atomic E-state index is 0.0296. The molecular formula is C27H34N6O3. The van der Waals surface area contributed by atoms with Gasteiger partial charge >= 0.3 is 0 Å². The number of amides is 3. The summed E-state index contributed by atoms with van der Waals surface area (Å²) in [5.41, 5.74) is 2.47. The molecule has 2 aliphatic heterocycles. The molecule has 1 saturated carbocycles. The molecule has 3 fully saturated rings. The third-order valence-electron chi connectivity index (χ3n) is 7.43. The topological polar surface area (TPSA) is 97.9 Å². The Morgan fingerprint density at radius 1 is 0.889 bits per heavy atom. The minimum Gasteiger partial charge on any atom is -0.366 e. The van der Waals surface area contributed by atoms with E-state index in [4.69, 9.17) is 0 Å². The van der Waals surface area contributed by atoms with Crippen LogP contribution in [-0.4, -0.2) is 84.9 Å². The van der Waals surface area contributed by atoms with Crippen LogP contribution in [0, 0.1) is 5.92 Å². The van der Waals surface area contributed by atoms with Gasteiger partial charge in [0.25, 0.3) is 11.8 Å². The standard InChI is InChI=1S/C27H34N6O3/c34-25(22-6-2-9-29-19-22)30-23-18-21(27(36)32-12-3-10-28-11-13-32)7-8-24(23)31-14-16-33(17-15-31)26(35)20-4-1-5-20/h2,6-9,18-20,28H,1,3-5,10-17H2,(H,30,34). The summed E-state index contributed by atoms with van der Waals surface area (Å²) < 4.78 is 0. The molecule has 3 amide bonds. The molecule has 2 aromatic rings. The van der Waals surface area contributed by atoms with Crippen LogP contribution in [0.3, 0.4) is 0 Å². The molecule has 36 heavy (non-hydrogen) atoms. The van der Waals surface area contributed by atoms with Gasteiger partial charge in [-0.05, 0) is 56.1 Å². The highest BCUT2D eigenvalue weighted by Crippen LogP contribution is 2.32. The van der Waals surface area contributed by atoms with E-state index in [0.717, 1.165) is 44.5 Å². The summed E-state index contributed by atoms with van der Waals surface area (Å²) in [5, 5.41) is 6.35. The molecule has 3 heterocycles. The predicted molar refractivity (Wildman–Crippen MR) is 138 cm³/mol. The Kier molecular flexibility index (Phi) is 7.46. The first kappa shape index (κ1) is 24.2. The van der Waals surface area contributed by atoms with Gasteiger partial charge < -0.3 is 25.3 Å². The minimum atomic E-state index is -0.272. The lowest BCUT2D eigenvalue weighted by Crippen LogP contribution is -2.51. The van der Waals surface area contributed by atoms with E-state index in [0.29, 0.717) is 56.1 Å². The Balaban J connectivity index is 1.36. The Hall–Kier alpha value is -3.46. The van der Waals surface area contributed by atoms with Crippen molar-refractivity contribution in [3.05, 3.63) is 53.9 Å². The molecule has 1 aliphatic carbocycles. The predicted octanol–water partition coefficient (Wildman–Crippen LogP) is 2.22. The lowest BCUT2D eigenvalue weighted by atomic mass is 9.84. The first-order valence-corrected chi connectivity index (χ1v) is 13.0. The lowest BCUT2D eigenvalue weighted by Gasteiger charge is -2.39. The van der Waals surface area contributed by atoms with E-state index >= 15 is 0 Å². The molecule has 2 N–H and O–H groups in total. The number of benzene rings is 1. The number of carbonyl (C=O) groups is 3. The molecule has 5 rings (SSSR count). The second-order valence-corrected chi connectivity index (χ2v) is 9.76. The van der Waals surface area contributed by atoms with Crippen molar-refractivity contribution in [3.63, 3.8) is 0 Å². The summed E-state index contributed by atoms with van der Waals surface area (Å²) in [5.74, 6) is 0.175. The molecule has 0 unspecified atom stereocenters. The van der Waals surface area contributed by atoms with Gasteiger partial charge in [-0.25, -0.2) is 0 Å². The first-order chi connectivity index (χ1) is 17.6. The molecule has 0 atom stereocenters. The van der Waals surface area contributed by atoms with E-state index in [1.54, 1.807) is 24.4 Å². The van der Waals surface area contributed by atoms with Crippen LogP contribution in [0.2, 0.25) is 0 Å². The second kappa shape index (κ2) is 11.1. The van der Waals surface area contributed by atoms with Crippen LogP contribution >= 0.6 is 0 Å². The van der Waals surface area contributed by atoms with Crippen molar-refractivity contribution in [2.75, 3.05) is 62.6 Å². The van der Waals surface area contributed by atoms with Gasteiger partial charge in [0.05, 0.1) is 16.9 Å². The van der Waals surface area contributed by atoms with E-state index in [1.807, 2.05) is 21.9 Å². The molecule has 1 aromatic heterocycles. The van der Waals surface area contributed by atoms with Gasteiger partial charge in [0, 0.05) is 69.7 Å². The van der Waals surface area contributed by atoms with Crippen LogP contribution in [0.4, 0.5) is 11.4 Å². The SMILES string of the molecule is O=C(Nc1cc(C(=O)N2CCCNCC2)ccc1N1CCN(C(=O)C2CCC2)CC1)c1cccnc1. The second-order valence-electron chi connectivity index (χ2n) is 9.76. The highest BCUT2D eigenvalue weighted by Gasteiger charge is 2.32. The van der Waals surface area contributed by atoms with Crippen LogP contribution in [0.1, 0.15) is 46.4 Å². The van der Waals surface area contributed by atoms with Gasteiger partial charge in [-0.3, -0.25) is 19.4 Å². The van der Waals surface area contributed by atoms with Crippen LogP contribution in [-0.2, 0) is 4.79 Å². The van der Waals surface area contributed by atoms with Crippen LogP contribution in [0.15, 0.2) is 42.7 Å². The lowest BCUT2D eigenvalue weighted by molar-refractivity contribution is -0.138. The highest BCUT2D eigenvalue weighted by atomic mass is 16.2. The largest absolute Gasteiger partial charge is 0.366 e. The van der Waals surface area contributed by atoms with Gasteiger partial charge in [0.15, 0.2) is 0 Å². The molecule has 190 valence electrons. The molecule has 2 saturated heterocycles. The third-order valence-corrected chi connectivity index (χ3v) is 7.43. The monoisotopic (exact) mass is 490 g/mol. The Labute approximate surface area is 211 Å². The van der Waals surface area contributed by atoms with E-state index < -0.39 is 0 Å². The van der Waals surface area contributed by atoms with Crippen molar-refractivity contribution in [2.45, 2.75) is 25.7 Å². The average molecular weight is 491 g/mol. The van der Waals surface area contributed by atoms with E-state index in [9.17, 15) is 14.4 Å². The summed E-state index contributed by atoms with van der Waals surface area (Å²) in [4.78, 5) is 49.1. The quantitative estimate of drug-likeness (QED) is 0.667. The van der Waals surface area contributed by atoms with Gasteiger partial charge in [-0.15, -0.1) is 0 Å². The van der Waals surface area contributed by atoms with E-state index in [1.165, 1.54) is 6.20 Å². The fourth-order valence-corrected chi connectivity index (χ4v) is 5.05. The summed E-state index contributed by atoms with van der Waals surface area (Å²) in [6.07, 6.45) is 7.23. The zero-order valence-electron chi connectivity index (χ0n) is 20.6. The first-order valence-electron chi connectivity index (χ1n) is 13.0. The number of rotatable bonds is 5. The summed E-state index contributed by atoms with van der Waals surface area (Å²) >= 11 is 0. The zero-order valence-corrected chi connectivity index (χ0v) is 20.6. The van der Waals surface area contributed by atoms with Crippen molar-refractivity contribution in [1.82, 2.24) is 20.1 Å². The van der Waals surface area contributed by atoms with Crippen molar-refractivity contribution in [3.8, 4) is 0 Å². The fourth-order valence-electron chi connectivity index (χ4n) is 5.05. The van der Waals surface area contributed by atoms with Gasteiger partial charge in [0.1, 0.15) is 0 Å². The Morgan fingerprint density at radius 3 is 2.44 bits per heavy atom. The number of aromatic nitrogens is 1. The summed E-state index contributed by atoms with van der Waals surface area (Å²) in [6.45, 7) is 5.73. The molecule has 9 nitrogen and oxygen atoms in total. The summed E-state index contributed by atoms with van der Waals surface area (Å²) in [6, 6.07) is 9.00. The molecule has 3 aliphatic rings. The molecule has 0 radical (unpaired) electrons. The van der Waals surface area contributed by atoms with Crippen molar-refractivity contribution >= 4 is 29.1 Å². The fraction of sp³-hybridized carbons (Fsp3) is 0.481. The molecule has 0 spiro atoms. The number of nitrogens with zero attached hydrogens (tertiary/aromatic N) is 4. The average Bonchev–Trinajstić information content (AvgIpc) is 3.17. The molecule has 0 bridgehead atoms. The maximum absolute atomic E-state index is 13.3. The van der Waals surface area contributed by atoms with Crippen molar-refractivity contribution in [1.29, 1.82) is 0 Å².